The lowest BCUT2D eigenvalue weighted by molar-refractivity contribution is 0.180. The highest BCUT2D eigenvalue weighted by Crippen LogP contribution is 2.34. The summed E-state index contributed by atoms with van der Waals surface area (Å²) in [5, 5.41) is 3.75. The molecule has 3 heteroatoms. The highest BCUT2D eigenvalue weighted by Gasteiger charge is 2.31. The number of ether oxygens (including phenoxy) is 1. The van der Waals surface area contributed by atoms with Crippen molar-refractivity contribution >= 4 is 0 Å². The van der Waals surface area contributed by atoms with Gasteiger partial charge in [-0.1, -0.05) is 19.9 Å². The van der Waals surface area contributed by atoms with E-state index >= 15 is 0 Å². The molecule has 1 aromatic carbocycles. The minimum absolute atomic E-state index is 0.439. The first-order chi connectivity index (χ1) is 9.71. The number of aryl methyl sites for hydroxylation is 1. The Kier molecular flexibility index (Phi) is 5.44. The Morgan fingerprint density at radius 3 is 2.80 bits per heavy atom. The Morgan fingerprint density at radius 1 is 1.35 bits per heavy atom. The van der Waals surface area contributed by atoms with Gasteiger partial charge in [-0.15, -0.1) is 0 Å². The van der Waals surface area contributed by atoms with Crippen LogP contribution in [-0.2, 0) is 6.42 Å². The number of fused-ring (bicyclic) bond motifs is 1. The van der Waals surface area contributed by atoms with Crippen LogP contribution in [0.3, 0.4) is 0 Å². The lowest BCUT2D eigenvalue weighted by Crippen LogP contribution is -2.45. The number of hydrogen-bond donors (Lipinski definition) is 1. The highest BCUT2D eigenvalue weighted by molar-refractivity contribution is 5.40. The number of likely N-dealkylation sites (N-methyl/N-ethyl adjacent to an activating group) is 1. The average Bonchev–Trinajstić information content (AvgIpc) is 2.50. The SMILES string of the molecule is CCCNC1c2ccc(OC)cc2CCC1N(C)CC. The number of hydrogen-bond acceptors (Lipinski definition) is 3. The summed E-state index contributed by atoms with van der Waals surface area (Å²) in [6, 6.07) is 7.57. The van der Waals surface area contributed by atoms with Crippen LogP contribution in [0.4, 0.5) is 0 Å². The van der Waals surface area contributed by atoms with E-state index in [9.17, 15) is 0 Å². The minimum atomic E-state index is 0.439. The third-order valence-corrected chi connectivity index (χ3v) is 4.46. The molecule has 0 saturated carbocycles. The van der Waals surface area contributed by atoms with Crippen LogP contribution in [0.2, 0.25) is 0 Å². The summed E-state index contributed by atoms with van der Waals surface area (Å²) in [5.74, 6) is 0.972. The number of benzene rings is 1. The molecule has 112 valence electrons. The summed E-state index contributed by atoms with van der Waals surface area (Å²) in [4.78, 5) is 2.47. The lowest BCUT2D eigenvalue weighted by atomic mass is 9.83. The summed E-state index contributed by atoms with van der Waals surface area (Å²) in [6.07, 6.45) is 3.53. The Bertz CT molecular complexity index is 433. The fraction of sp³-hybridized carbons (Fsp3) is 0.647. The monoisotopic (exact) mass is 276 g/mol. The van der Waals surface area contributed by atoms with Crippen molar-refractivity contribution in [2.75, 3.05) is 27.2 Å². The van der Waals surface area contributed by atoms with E-state index in [0.29, 0.717) is 12.1 Å². The Hall–Kier alpha value is -1.06. The van der Waals surface area contributed by atoms with Crippen molar-refractivity contribution in [3.05, 3.63) is 29.3 Å². The van der Waals surface area contributed by atoms with Crippen LogP contribution in [0.5, 0.6) is 5.75 Å². The fourth-order valence-electron chi connectivity index (χ4n) is 3.16. The van der Waals surface area contributed by atoms with Crippen molar-refractivity contribution in [2.45, 2.75) is 45.2 Å². The summed E-state index contributed by atoms with van der Waals surface area (Å²) in [5.41, 5.74) is 2.90. The van der Waals surface area contributed by atoms with Gasteiger partial charge in [0.1, 0.15) is 5.75 Å². The molecule has 0 aliphatic heterocycles. The molecule has 0 aromatic heterocycles. The Labute approximate surface area is 123 Å². The van der Waals surface area contributed by atoms with Crippen molar-refractivity contribution in [3.8, 4) is 5.75 Å². The van der Waals surface area contributed by atoms with Gasteiger partial charge in [-0.05, 0) is 62.7 Å². The first kappa shape index (κ1) is 15.3. The number of nitrogens with one attached hydrogen (secondary N) is 1. The van der Waals surface area contributed by atoms with Gasteiger partial charge in [0.05, 0.1) is 7.11 Å². The summed E-state index contributed by atoms with van der Waals surface area (Å²) in [6.45, 7) is 6.63. The summed E-state index contributed by atoms with van der Waals surface area (Å²) < 4.78 is 5.36. The number of methoxy groups -OCH3 is 1. The smallest absolute Gasteiger partial charge is 0.119 e. The predicted molar refractivity (Wildman–Crippen MR) is 84.4 cm³/mol. The molecule has 20 heavy (non-hydrogen) atoms. The molecule has 0 bridgehead atoms. The molecular weight excluding hydrogens is 248 g/mol. The number of rotatable bonds is 6. The molecule has 0 radical (unpaired) electrons. The van der Waals surface area contributed by atoms with Gasteiger partial charge >= 0.3 is 0 Å². The maximum atomic E-state index is 5.36. The third-order valence-electron chi connectivity index (χ3n) is 4.46. The van der Waals surface area contributed by atoms with Crippen LogP contribution in [0.15, 0.2) is 18.2 Å². The first-order valence-electron chi connectivity index (χ1n) is 7.81. The second kappa shape index (κ2) is 7.09. The molecule has 0 fully saturated rings. The summed E-state index contributed by atoms with van der Waals surface area (Å²) in [7, 11) is 3.98. The standard InChI is InChI=1S/C17H28N2O/c1-5-11-18-17-15-9-8-14(20-4)12-13(15)7-10-16(17)19(3)6-2/h8-9,12,16-18H,5-7,10-11H2,1-4H3. The topological polar surface area (TPSA) is 24.5 Å². The highest BCUT2D eigenvalue weighted by atomic mass is 16.5. The minimum Gasteiger partial charge on any atom is -0.497 e. The van der Waals surface area contributed by atoms with Gasteiger partial charge in [-0.3, -0.25) is 0 Å². The van der Waals surface area contributed by atoms with E-state index in [1.807, 2.05) is 0 Å². The quantitative estimate of drug-likeness (QED) is 0.864. The maximum Gasteiger partial charge on any atom is 0.119 e. The average molecular weight is 276 g/mol. The molecule has 2 rings (SSSR count). The van der Waals surface area contributed by atoms with Crippen LogP contribution >= 0.6 is 0 Å². The molecule has 0 saturated heterocycles. The molecule has 2 atom stereocenters. The molecule has 1 aliphatic carbocycles. The van der Waals surface area contributed by atoms with Crippen molar-refractivity contribution in [2.24, 2.45) is 0 Å². The molecule has 0 amide bonds. The molecular formula is C17H28N2O. The number of nitrogens with zero attached hydrogens (tertiary/aromatic N) is 1. The van der Waals surface area contributed by atoms with Crippen LogP contribution in [0.25, 0.3) is 0 Å². The zero-order valence-corrected chi connectivity index (χ0v) is 13.3. The summed E-state index contributed by atoms with van der Waals surface area (Å²) >= 11 is 0. The van der Waals surface area contributed by atoms with Crippen LogP contribution < -0.4 is 10.1 Å². The zero-order valence-electron chi connectivity index (χ0n) is 13.3. The van der Waals surface area contributed by atoms with Gasteiger partial charge in [-0.25, -0.2) is 0 Å². The predicted octanol–water partition coefficient (Wildman–Crippen LogP) is 3.00. The van der Waals surface area contributed by atoms with Gasteiger partial charge < -0.3 is 15.0 Å². The second-order valence-electron chi connectivity index (χ2n) is 5.68. The van der Waals surface area contributed by atoms with E-state index in [4.69, 9.17) is 4.74 Å². The van der Waals surface area contributed by atoms with Crippen molar-refractivity contribution in [1.82, 2.24) is 10.2 Å². The van der Waals surface area contributed by atoms with Crippen LogP contribution in [0, 0.1) is 0 Å². The maximum absolute atomic E-state index is 5.36. The van der Waals surface area contributed by atoms with E-state index in [2.05, 4.69) is 49.3 Å². The van der Waals surface area contributed by atoms with Crippen LogP contribution in [-0.4, -0.2) is 38.2 Å². The molecule has 1 aliphatic rings. The van der Waals surface area contributed by atoms with E-state index in [0.717, 1.165) is 25.3 Å². The van der Waals surface area contributed by atoms with Gasteiger partial charge in [-0.2, -0.15) is 0 Å². The van der Waals surface area contributed by atoms with Crippen molar-refractivity contribution in [3.63, 3.8) is 0 Å². The molecule has 3 nitrogen and oxygen atoms in total. The van der Waals surface area contributed by atoms with Gasteiger partial charge in [0, 0.05) is 12.1 Å². The molecule has 2 unspecified atom stereocenters. The van der Waals surface area contributed by atoms with E-state index < -0.39 is 0 Å². The van der Waals surface area contributed by atoms with Crippen molar-refractivity contribution in [1.29, 1.82) is 0 Å². The second-order valence-corrected chi connectivity index (χ2v) is 5.68. The van der Waals surface area contributed by atoms with Gasteiger partial charge in [0.2, 0.25) is 0 Å². The molecule has 0 spiro atoms. The first-order valence-corrected chi connectivity index (χ1v) is 7.81. The fourth-order valence-corrected chi connectivity index (χ4v) is 3.16. The zero-order chi connectivity index (χ0) is 14.5. The van der Waals surface area contributed by atoms with Gasteiger partial charge in [0.25, 0.3) is 0 Å². The Balaban J connectivity index is 2.28. The van der Waals surface area contributed by atoms with E-state index in [1.165, 1.54) is 24.0 Å². The Morgan fingerprint density at radius 2 is 2.15 bits per heavy atom. The third kappa shape index (κ3) is 3.15. The van der Waals surface area contributed by atoms with Crippen LogP contribution in [0.1, 0.15) is 43.9 Å². The van der Waals surface area contributed by atoms with Crippen molar-refractivity contribution < 1.29 is 4.74 Å². The normalized spacial score (nSPS) is 21.9. The largest absolute Gasteiger partial charge is 0.497 e. The van der Waals surface area contributed by atoms with E-state index in [1.54, 1.807) is 7.11 Å². The molecule has 0 heterocycles. The molecule has 1 N–H and O–H groups in total. The van der Waals surface area contributed by atoms with Gasteiger partial charge in [0.15, 0.2) is 0 Å². The molecule has 1 aromatic rings. The van der Waals surface area contributed by atoms with E-state index in [-0.39, 0.29) is 0 Å². The lowest BCUT2D eigenvalue weighted by Gasteiger charge is -2.39.